The topological polar surface area (TPSA) is 26.3 Å². The van der Waals surface area contributed by atoms with Crippen molar-refractivity contribution in [3.8, 4) is 5.75 Å². The maximum atomic E-state index is 10.7. The molecule has 6 rings (SSSR count). The van der Waals surface area contributed by atoms with Gasteiger partial charge in [-0.1, -0.05) is 66.7 Å². The smallest absolute Gasteiger partial charge is 0.315 e. The molecular formula is C26H22O2. The Morgan fingerprint density at radius 2 is 1.43 bits per heavy atom. The second kappa shape index (κ2) is 7.12. The van der Waals surface area contributed by atoms with Gasteiger partial charge < -0.3 is 4.74 Å². The van der Waals surface area contributed by atoms with Gasteiger partial charge in [-0.05, 0) is 64.4 Å². The van der Waals surface area contributed by atoms with E-state index >= 15 is 0 Å². The lowest BCUT2D eigenvalue weighted by atomic mass is 9.86. The van der Waals surface area contributed by atoms with Gasteiger partial charge in [-0.15, -0.1) is 0 Å². The van der Waals surface area contributed by atoms with Crippen molar-refractivity contribution in [3.63, 3.8) is 0 Å². The standard InChI is InChI=1S/C18H16.C8H6O2/c1-3-7-15-13(5-1)9-11-18-16-8-4-2-6-14(16)10-12-17(15)18;9-8-5-6-3-1-2-4-7(6)10-8/h1,3,5,7,9-12H,2,4,6,8H2;1-4H,5H2. The van der Waals surface area contributed by atoms with Crippen LogP contribution in [0.3, 0.4) is 0 Å². The number of fused-ring (bicyclic) bond motifs is 6. The third kappa shape index (κ3) is 3.05. The number of benzene rings is 4. The largest absolute Gasteiger partial charge is 0.426 e. The summed E-state index contributed by atoms with van der Waals surface area (Å²) in [5, 5.41) is 5.64. The van der Waals surface area contributed by atoms with E-state index in [2.05, 4.69) is 48.5 Å². The Morgan fingerprint density at radius 3 is 2.36 bits per heavy atom. The number of hydrogen-bond donors (Lipinski definition) is 0. The highest BCUT2D eigenvalue weighted by Gasteiger charge is 2.18. The Kier molecular flexibility index (Phi) is 4.32. The van der Waals surface area contributed by atoms with Crippen LogP contribution in [0.4, 0.5) is 0 Å². The number of esters is 1. The summed E-state index contributed by atoms with van der Waals surface area (Å²) in [6.45, 7) is 0. The van der Waals surface area contributed by atoms with Gasteiger partial charge in [-0.3, -0.25) is 4.79 Å². The van der Waals surface area contributed by atoms with Crippen molar-refractivity contribution < 1.29 is 9.53 Å². The number of carbonyl (C=O) groups excluding carboxylic acids is 1. The van der Waals surface area contributed by atoms with Crippen LogP contribution in [-0.4, -0.2) is 5.97 Å². The zero-order valence-electron chi connectivity index (χ0n) is 15.8. The first-order valence-electron chi connectivity index (χ1n) is 10.0. The average Bonchev–Trinajstić information content (AvgIpc) is 3.14. The van der Waals surface area contributed by atoms with Crippen molar-refractivity contribution in [2.45, 2.75) is 32.1 Å². The van der Waals surface area contributed by atoms with Gasteiger partial charge in [0.15, 0.2) is 0 Å². The van der Waals surface area contributed by atoms with Gasteiger partial charge in [0.25, 0.3) is 0 Å². The predicted octanol–water partition coefficient (Wildman–Crippen LogP) is 6.02. The Bertz CT molecular complexity index is 1160. The third-order valence-corrected chi connectivity index (χ3v) is 5.79. The zero-order valence-corrected chi connectivity index (χ0v) is 15.8. The molecule has 138 valence electrons. The molecule has 1 aliphatic carbocycles. The summed E-state index contributed by atoms with van der Waals surface area (Å²) in [5.41, 5.74) is 4.17. The van der Waals surface area contributed by atoms with E-state index < -0.39 is 0 Å². The molecule has 4 aromatic carbocycles. The number of carbonyl (C=O) groups is 1. The van der Waals surface area contributed by atoms with Crippen molar-refractivity contribution >= 4 is 27.5 Å². The fourth-order valence-corrected chi connectivity index (χ4v) is 4.41. The molecule has 0 spiro atoms. The molecule has 0 unspecified atom stereocenters. The van der Waals surface area contributed by atoms with Crippen LogP contribution in [0.2, 0.25) is 0 Å². The summed E-state index contributed by atoms with van der Waals surface area (Å²) in [6, 6.07) is 25.4. The normalized spacial score (nSPS) is 14.8. The summed E-state index contributed by atoms with van der Waals surface area (Å²) in [7, 11) is 0. The van der Waals surface area contributed by atoms with Crippen molar-refractivity contribution in [2.75, 3.05) is 0 Å². The molecule has 2 aliphatic rings. The molecule has 0 fully saturated rings. The molecule has 0 saturated carbocycles. The van der Waals surface area contributed by atoms with Crippen LogP contribution < -0.4 is 4.74 Å². The Hall–Kier alpha value is -3.13. The quantitative estimate of drug-likeness (QED) is 0.216. The van der Waals surface area contributed by atoms with Gasteiger partial charge in [0.05, 0.1) is 6.42 Å². The van der Waals surface area contributed by atoms with Crippen LogP contribution in [0.15, 0.2) is 72.8 Å². The lowest BCUT2D eigenvalue weighted by Crippen LogP contribution is -2.02. The molecule has 2 heteroatoms. The van der Waals surface area contributed by atoms with Gasteiger partial charge in [0, 0.05) is 5.56 Å². The Labute approximate surface area is 164 Å². The van der Waals surface area contributed by atoms with Crippen molar-refractivity contribution in [2.24, 2.45) is 0 Å². The molecule has 0 N–H and O–H groups in total. The average molecular weight is 366 g/mol. The molecule has 28 heavy (non-hydrogen) atoms. The summed E-state index contributed by atoms with van der Waals surface area (Å²) in [5.74, 6) is 0.564. The summed E-state index contributed by atoms with van der Waals surface area (Å²) >= 11 is 0. The lowest BCUT2D eigenvalue weighted by Gasteiger charge is -2.18. The maximum absolute atomic E-state index is 10.7. The fourth-order valence-electron chi connectivity index (χ4n) is 4.41. The van der Waals surface area contributed by atoms with E-state index in [0.29, 0.717) is 12.2 Å². The molecule has 0 aromatic heterocycles. The van der Waals surface area contributed by atoms with E-state index in [9.17, 15) is 4.79 Å². The van der Waals surface area contributed by atoms with E-state index in [4.69, 9.17) is 4.74 Å². The molecular weight excluding hydrogens is 344 g/mol. The van der Waals surface area contributed by atoms with Crippen molar-refractivity contribution in [1.29, 1.82) is 0 Å². The number of hydrogen-bond acceptors (Lipinski definition) is 2. The summed E-state index contributed by atoms with van der Waals surface area (Å²) < 4.78 is 4.87. The highest BCUT2D eigenvalue weighted by molar-refractivity contribution is 6.08. The third-order valence-electron chi connectivity index (χ3n) is 5.79. The van der Waals surface area contributed by atoms with Crippen LogP contribution in [0, 0.1) is 0 Å². The van der Waals surface area contributed by atoms with Gasteiger partial charge in [0.1, 0.15) is 5.75 Å². The minimum Gasteiger partial charge on any atom is -0.426 e. The van der Waals surface area contributed by atoms with Gasteiger partial charge >= 0.3 is 5.97 Å². The highest BCUT2D eigenvalue weighted by atomic mass is 16.5. The lowest BCUT2D eigenvalue weighted by molar-refractivity contribution is -0.131. The number of aryl methyl sites for hydroxylation is 2. The van der Waals surface area contributed by atoms with Gasteiger partial charge in [-0.25, -0.2) is 0 Å². The van der Waals surface area contributed by atoms with Crippen LogP contribution >= 0.6 is 0 Å². The van der Waals surface area contributed by atoms with E-state index in [-0.39, 0.29) is 5.97 Å². The van der Waals surface area contributed by atoms with E-state index in [1.165, 1.54) is 47.2 Å². The molecule has 0 bridgehead atoms. The molecule has 0 amide bonds. The van der Waals surface area contributed by atoms with Crippen molar-refractivity contribution in [1.82, 2.24) is 0 Å². The Balaban J connectivity index is 0.000000145. The van der Waals surface area contributed by atoms with Crippen LogP contribution in [-0.2, 0) is 24.1 Å². The SMILES string of the molecule is O=C1Cc2ccccc2O1.c1ccc2c(c1)ccc1c3c(ccc12)CCCC3. The first-order chi connectivity index (χ1) is 13.8. The number of para-hydroxylation sites is 1. The van der Waals surface area contributed by atoms with Gasteiger partial charge in [-0.2, -0.15) is 0 Å². The van der Waals surface area contributed by atoms with E-state index in [1.807, 2.05) is 18.2 Å². The first kappa shape index (κ1) is 17.0. The van der Waals surface area contributed by atoms with Crippen molar-refractivity contribution in [3.05, 3.63) is 89.5 Å². The summed E-state index contributed by atoms with van der Waals surface area (Å²) in [4.78, 5) is 10.7. The monoisotopic (exact) mass is 366 g/mol. The molecule has 0 saturated heterocycles. The minimum atomic E-state index is -0.152. The van der Waals surface area contributed by atoms with E-state index in [1.54, 1.807) is 17.2 Å². The Morgan fingerprint density at radius 1 is 0.643 bits per heavy atom. The number of ether oxygens (including phenoxy) is 1. The van der Waals surface area contributed by atoms with Gasteiger partial charge in [0.2, 0.25) is 0 Å². The fraction of sp³-hybridized carbons (Fsp3) is 0.192. The van der Waals surface area contributed by atoms with Crippen LogP contribution in [0.5, 0.6) is 5.75 Å². The number of rotatable bonds is 0. The minimum absolute atomic E-state index is 0.152. The summed E-state index contributed by atoms with van der Waals surface area (Å²) in [6.07, 6.45) is 5.64. The molecule has 1 heterocycles. The van der Waals surface area contributed by atoms with Crippen LogP contribution in [0.25, 0.3) is 21.5 Å². The zero-order chi connectivity index (χ0) is 18.9. The molecule has 1 aliphatic heterocycles. The van der Waals surface area contributed by atoms with Crippen LogP contribution in [0.1, 0.15) is 29.5 Å². The maximum Gasteiger partial charge on any atom is 0.315 e. The second-order valence-electron chi connectivity index (χ2n) is 7.55. The van der Waals surface area contributed by atoms with E-state index in [0.717, 1.165) is 5.56 Å². The first-order valence-corrected chi connectivity index (χ1v) is 10.0. The molecule has 0 radical (unpaired) electrons. The molecule has 4 aromatic rings. The molecule has 0 atom stereocenters. The molecule has 2 nitrogen and oxygen atoms in total. The highest BCUT2D eigenvalue weighted by Crippen LogP contribution is 2.33. The second-order valence-corrected chi connectivity index (χ2v) is 7.55. The predicted molar refractivity (Wildman–Crippen MR) is 114 cm³/mol.